The second-order valence-corrected chi connectivity index (χ2v) is 8.12. The van der Waals surface area contributed by atoms with Crippen molar-refractivity contribution in [2.24, 2.45) is 17.6 Å². The van der Waals surface area contributed by atoms with Gasteiger partial charge in [0.15, 0.2) is 9.84 Å². The van der Waals surface area contributed by atoms with E-state index in [-0.39, 0.29) is 17.7 Å². The van der Waals surface area contributed by atoms with Gasteiger partial charge in [-0.2, -0.15) is 0 Å². The van der Waals surface area contributed by atoms with Crippen LogP contribution in [-0.2, 0) is 21.1 Å². The predicted molar refractivity (Wildman–Crippen MR) is 74.8 cm³/mol. The van der Waals surface area contributed by atoms with Crippen LogP contribution in [0.4, 0.5) is 0 Å². The maximum Gasteiger partial charge on any atom is 0.150 e. The lowest BCUT2D eigenvalue weighted by atomic mass is 9.97. The van der Waals surface area contributed by atoms with E-state index in [0.717, 1.165) is 25.1 Å². The highest BCUT2D eigenvalue weighted by Crippen LogP contribution is 2.28. The fourth-order valence-corrected chi connectivity index (χ4v) is 4.98. The lowest BCUT2D eigenvalue weighted by Crippen LogP contribution is -2.25. The van der Waals surface area contributed by atoms with Crippen LogP contribution in [0.5, 0.6) is 0 Å². The van der Waals surface area contributed by atoms with Crippen LogP contribution in [0, 0.1) is 11.8 Å². The number of hydrogen-bond acceptors (Lipinski definition) is 5. The molecule has 0 bridgehead atoms. The Kier molecular flexibility index (Phi) is 3.83. The van der Waals surface area contributed by atoms with Crippen molar-refractivity contribution in [2.45, 2.75) is 25.4 Å². The quantitative estimate of drug-likeness (QED) is 0.867. The number of nitrogens with zero attached hydrogens (tertiary/aromatic N) is 2. The molecule has 7 heteroatoms. The Morgan fingerprint density at radius 2 is 2.35 bits per heavy atom. The Hall–Kier alpha value is -0.920. The first kappa shape index (κ1) is 14.0. The van der Waals surface area contributed by atoms with E-state index < -0.39 is 9.84 Å². The summed E-state index contributed by atoms with van der Waals surface area (Å²) in [7, 11) is -2.83. The van der Waals surface area contributed by atoms with Crippen molar-refractivity contribution < 1.29 is 13.2 Å². The molecule has 0 radical (unpaired) electrons. The van der Waals surface area contributed by atoms with Crippen LogP contribution < -0.4 is 5.73 Å². The van der Waals surface area contributed by atoms with E-state index in [1.54, 1.807) is 12.5 Å². The molecule has 0 aliphatic carbocycles. The molecule has 112 valence electrons. The molecule has 1 aromatic heterocycles. The molecule has 3 unspecified atom stereocenters. The van der Waals surface area contributed by atoms with Crippen LogP contribution in [0.1, 0.15) is 24.6 Å². The molecule has 2 fully saturated rings. The number of rotatable bonds is 4. The first-order valence-electron chi connectivity index (χ1n) is 7.09. The maximum absolute atomic E-state index is 11.5. The van der Waals surface area contributed by atoms with Gasteiger partial charge in [0.2, 0.25) is 0 Å². The van der Waals surface area contributed by atoms with E-state index in [4.69, 9.17) is 10.5 Å². The average molecular weight is 299 g/mol. The third kappa shape index (κ3) is 2.89. The summed E-state index contributed by atoms with van der Waals surface area (Å²) in [6, 6.07) is -0.0852. The van der Waals surface area contributed by atoms with E-state index in [1.807, 2.05) is 4.57 Å². The summed E-state index contributed by atoms with van der Waals surface area (Å²) in [5, 5.41) is 0. The number of sulfone groups is 1. The van der Waals surface area contributed by atoms with Gasteiger partial charge < -0.3 is 15.0 Å². The van der Waals surface area contributed by atoms with Gasteiger partial charge in [-0.3, -0.25) is 0 Å². The summed E-state index contributed by atoms with van der Waals surface area (Å²) in [6.07, 6.45) is 5.27. The third-order valence-electron chi connectivity index (χ3n) is 4.34. The first-order valence-corrected chi connectivity index (χ1v) is 8.91. The SMILES string of the molecule is NC(c1cncn1CC1CCS(=O)(=O)C1)C1CCOC1. The van der Waals surface area contributed by atoms with Gasteiger partial charge in [-0.1, -0.05) is 0 Å². The van der Waals surface area contributed by atoms with Gasteiger partial charge in [-0.15, -0.1) is 0 Å². The third-order valence-corrected chi connectivity index (χ3v) is 6.18. The molecule has 20 heavy (non-hydrogen) atoms. The summed E-state index contributed by atoms with van der Waals surface area (Å²) < 4.78 is 30.5. The zero-order valence-corrected chi connectivity index (χ0v) is 12.3. The highest BCUT2D eigenvalue weighted by molar-refractivity contribution is 7.91. The molecular weight excluding hydrogens is 278 g/mol. The fourth-order valence-electron chi connectivity index (χ4n) is 3.13. The van der Waals surface area contributed by atoms with Gasteiger partial charge in [-0.25, -0.2) is 13.4 Å². The second kappa shape index (κ2) is 5.46. The van der Waals surface area contributed by atoms with Crippen molar-refractivity contribution in [2.75, 3.05) is 24.7 Å². The zero-order valence-electron chi connectivity index (χ0n) is 11.4. The number of aromatic nitrogens is 2. The van der Waals surface area contributed by atoms with Crippen molar-refractivity contribution in [3.05, 3.63) is 18.2 Å². The molecule has 2 aliphatic heterocycles. The minimum absolute atomic E-state index is 0.0852. The molecule has 3 atom stereocenters. The molecule has 3 rings (SSSR count). The molecule has 1 aromatic rings. The Balaban J connectivity index is 1.70. The molecule has 0 amide bonds. The molecular formula is C13H21N3O3S. The molecule has 0 saturated carbocycles. The van der Waals surface area contributed by atoms with Crippen molar-refractivity contribution in [3.63, 3.8) is 0 Å². The van der Waals surface area contributed by atoms with Crippen LogP contribution in [0.2, 0.25) is 0 Å². The molecule has 0 aromatic carbocycles. The normalized spacial score (nSPS) is 30.6. The summed E-state index contributed by atoms with van der Waals surface area (Å²) in [4.78, 5) is 4.19. The van der Waals surface area contributed by atoms with E-state index in [2.05, 4.69) is 4.98 Å². The molecule has 2 aliphatic rings. The summed E-state index contributed by atoms with van der Waals surface area (Å²) >= 11 is 0. The standard InChI is InChI=1S/C13H21N3O3S/c14-13(11-1-3-19-7-11)12-5-15-9-16(12)6-10-2-4-20(17,18)8-10/h5,9-11,13H,1-4,6-8,14H2. The fraction of sp³-hybridized carbons (Fsp3) is 0.769. The lowest BCUT2D eigenvalue weighted by Gasteiger charge is -2.20. The Morgan fingerprint density at radius 1 is 1.50 bits per heavy atom. The summed E-state index contributed by atoms with van der Waals surface area (Å²) in [5.74, 6) is 1.11. The van der Waals surface area contributed by atoms with Gasteiger partial charge in [-0.05, 0) is 18.8 Å². The zero-order chi connectivity index (χ0) is 14.2. The monoisotopic (exact) mass is 299 g/mol. The number of ether oxygens (including phenoxy) is 1. The average Bonchev–Trinajstić information content (AvgIpc) is 3.10. The Labute approximate surface area is 119 Å². The van der Waals surface area contributed by atoms with Crippen molar-refractivity contribution in [1.29, 1.82) is 0 Å². The van der Waals surface area contributed by atoms with E-state index in [0.29, 0.717) is 24.8 Å². The Bertz CT molecular complexity index is 563. The van der Waals surface area contributed by atoms with Crippen LogP contribution in [0.3, 0.4) is 0 Å². The van der Waals surface area contributed by atoms with Crippen molar-refractivity contribution in [1.82, 2.24) is 9.55 Å². The van der Waals surface area contributed by atoms with Gasteiger partial charge in [0, 0.05) is 25.3 Å². The van der Waals surface area contributed by atoms with Gasteiger partial charge in [0.1, 0.15) is 0 Å². The van der Waals surface area contributed by atoms with Crippen LogP contribution in [-0.4, -0.2) is 42.7 Å². The minimum Gasteiger partial charge on any atom is -0.381 e. The van der Waals surface area contributed by atoms with Crippen LogP contribution in [0.15, 0.2) is 12.5 Å². The van der Waals surface area contributed by atoms with E-state index in [1.165, 1.54) is 0 Å². The molecule has 2 saturated heterocycles. The van der Waals surface area contributed by atoms with Crippen LogP contribution >= 0.6 is 0 Å². The maximum atomic E-state index is 11.5. The summed E-state index contributed by atoms with van der Waals surface area (Å²) in [6.45, 7) is 2.16. The predicted octanol–water partition coefficient (Wildman–Crippen LogP) is 0.354. The number of hydrogen-bond donors (Lipinski definition) is 1. The lowest BCUT2D eigenvalue weighted by molar-refractivity contribution is 0.180. The van der Waals surface area contributed by atoms with E-state index >= 15 is 0 Å². The molecule has 3 heterocycles. The molecule has 2 N–H and O–H groups in total. The highest BCUT2D eigenvalue weighted by Gasteiger charge is 2.30. The van der Waals surface area contributed by atoms with Gasteiger partial charge in [0.05, 0.1) is 36.2 Å². The molecule has 6 nitrogen and oxygen atoms in total. The van der Waals surface area contributed by atoms with Gasteiger partial charge >= 0.3 is 0 Å². The second-order valence-electron chi connectivity index (χ2n) is 5.89. The van der Waals surface area contributed by atoms with E-state index in [9.17, 15) is 8.42 Å². The Morgan fingerprint density at radius 3 is 3.00 bits per heavy atom. The first-order chi connectivity index (χ1) is 9.55. The highest BCUT2D eigenvalue weighted by atomic mass is 32.2. The minimum atomic E-state index is -2.83. The summed E-state index contributed by atoms with van der Waals surface area (Å²) in [5.41, 5.74) is 7.30. The topological polar surface area (TPSA) is 87.2 Å². The largest absolute Gasteiger partial charge is 0.381 e. The number of nitrogens with two attached hydrogens (primary N) is 1. The van der Waals surface area contributed by atoms with Crippen molar-refractivity contribution >= 4 is 9.84 Å². The van der Waals surface area contributed by atoms with Crippen LogP contribution in [0.25, 0.3) is 0 Å². The van der Waals surface area contributed by atoms with Crippen molar-refractivity contribution in [3.8, 4) is 0 Å². The molecule has 0 spiro atoms. The van der Waals surface area contributed by atoms with Gasteiger partial charge in [0.25, 0.3) is 0 Å². The number of imidazole rings is 1. The smallest absolute Gasteiger partial charge is 0.150 e.